The molecule has 0 aliphatic heterocycles. The summed E-state index contributed by atoms with van der Waals surface area (Å²) in [6.07, 6.45) is 3.78. The predicted octanol–water partition coefficient (Wildman–Crippen LogP) is 4.18. The van der Waals surface area contributed by atoms with Gasteiger partial charge in [-0.15, -0.1) is 0 Å². The lowest BCUT2D eigenvalue weighted by atomic mass is 10.1. The number of nitrogens with zero attached hydrogens (tertiary/aromatic N) is 2. The normalized spacial score (nSPS) is 10.4. The summed E-state index contributed by atoms with van der Waals surface area (Å²) in [5, 5.41) is 0.497. The molecule has 0 unspecified atom stereocenters. The maximum absolute atomic E-state index is 12.8. The number of rotatable bonds is 6. The van der Waals surface area contributed by atoms with Gasteiger partial charge >= 0.3 is 0 Å². The Balaban J connectivity index is 2.44. The molecule has 2 aromatic rings. The van der Waals surface area contributed by atoms with Gasteiger partial charge in [0, 0.05) is 31.5 Å². The number of halogens is 1. The Morgan fingerprint density at radius 2 is 2.00 bits per heavy atom. The van der Waals surface area contributed by atoms with Crippen molar-refractivity contribution in [3.8, 4) is 11.4 Å². The lowest BCUT2D eigenvalue weighted by Gasteiger charge is -2.22. The second-order valence-corrected chi connectivity index (χ2v) is 5.78. The van der Waals surface area contributed by atoms with Gasteiger partial charge in [0.15, 0.2) is 0 Å². The first-order valence-electron chi connectivity index (χ1n) is 7.42. The van der Waals surface area contributed by atoms with Gasteiger partial charge in [0.1, 0.15) is 5.75 Å². The molecule has 5 heteroatoms. The van der Waals surface area contributed by atoms with Crippen molar-refractivity contribution >= 4 is 17.5 Å². The van der Waals surface area contributed by atoms with E-state index in [1.807, 2.05) is 42.9 Å². The molecule has 2 rings (SSSR count). The van der Waals surface area contributed by atoms with Crippen molar-refractivity contribution in [2.45, 2.75) is 13.8 Å². The van der Waals surface area contributed by atoms with Crippen LogP contribution in [0.5, 0.6) is 5.75 Å². The molecule has 1 heterocycles. The number of carbonyl (C=O) groups is 1. The Labute approximate surface area is 141 Å². The van der Waals surface area contributed by atoms with Crippen LogP contribution in [-0.2, 0) is 0 Å². The monoisotopic (exact) mass is 332 g/mol. The third kappa shape index (κ3) is 3.77. The van der Waals surface area contributed by atoms with Crippen molar-refractivity contribution in [1.29, 1.82) is 0 Å². The highest BCUT2D eigenvalue weighted by Crippen LogP contribution is 2.31. The van der Waals surface area contributed by atoms with Gasteiger partial charge in [0.25, 0.3) is 5.91 Å². The fraction of sp³-hybridized carbons (Fsp3) is 0.278. The maximum atomic E-state index is 12.8. The maximum Gasteiger partial charge on any atom is 0.257 e. The van der Waals surface area contributed by atoms with Gasteiger partial charge in [0.2, 0.25) is 0 Å². The molecular formula is C18H21ClN2O2. The van der Waals surface area contributed by atoms with Crippen LogP contribution < -0.4 is 4.74 Å². The summed E-state index contributed by atoms with van der Waals surface area (Å²) in [5.41, 5.74) is 2.15. The minimum atomic E-state index is -0.117. The lowest BCUT2D eigenvalue weighted by Crippen LogP contribution is -2.32. The largest absolute Gasteiger partial charge is 0.496 e. The van der Waals surface area contributed by atoms with E-state index in [1.54, 1.807) is 24.1 Å². The molecule has 4 nitrogen and oxygen atoms in total. The van der Waals surface area contributed by atoms with E-state index < -0.39 is 0 Å². The number of hydrogen-bond donors (Lipinski definition) is 0. The first-order valence-corrected chi connectivity index (χ1v) is 7.80. The van der Waals surface area contributed by atoms with Crippen molar-refractivity contribution in [2.24, 2.45) is 0 Å². The molecular weight excluding hydrogens is 312 g/mol. The summed E-state index contributed by atoms with van der Waals surface area (Å²) < 4.78 is 7.30. The molecule has 122 valence electrons. The topological polar surface area (TPSA) is 34.5 Å². The molecule has 0 radical (unpaired) electrons. The minimum absolute atomic E-state index is 0.117. The van der Waals surface area contributed by atoms with E-state index in [0.717, 1.165) is 11.3 Å². The van der Waals surface area contributed by atoms with Gasteiger partial charge in [-0.2, -0.15) is 0 Å². The number of aromatic nitrogens is 1. The second kappa shape index (κ2) is 7.38. The van der Waals surface area contributed by atoms with Crippen LogP contribution in [0.2, 0.25) is 5.02 Å². The van der Waals surface area contributed by atoms with E-state index in [-0.39, 0.29) is 5.91 Å². The summed E-state index contributed by atoms with van der Waals surface area (Å²) in [6, 6.07) is 7.27. The highest BCUT2D eigenvalue weighted by atomic mass is 35.5. The summed E-state index contributed by atoms with van der Waals surface area (Å²) in [7, 11) is 1.55. The summed E-state index contributed by atoms with van der Waals surface area (Å²) in [5.74, 6) is 0.386. The molecule has 1 amide bonds. The van der Waals surface area contributed by atoms with Gasteiger partial charge < -0.3 is 14.2 Å². The zero-order valence-electron chi connectivity index (χ0n) is 13.7. The van der Waals surface area contributed by atoms with E-state index in [4.69, 9.17) is 16.3 Å². The first-order chi connectivity index (χ1) is 11.0. The molecule has 0 N–H and O–H groups in total. The van der Waals surface area contributed by atoms with Crippen molar-refractivity contribution in [3.05, 3.63) is 59.4 Å². The van der Waals surface area contributed by atoms with Crippen LogP contribution >= 0.6 is 11.6 Å². The zero-order chi connectivity index (χ0) is 17.0. The summed E-state index contributed by atoms with van der Waals surface area (Å²) in [4.78, 5) is 14.5. The van der Waals surface area contributed by atoms with Crippen molar-refractivity contribution in [3.63, 3.8) is 0 Å². The van der Waals surface area contributed by atoms with Crippen LogP contribution in [0, 0.1) is 0 Å². The Bertz CT molecular complexity index is 708. The average molecular weight is 333 g/mol. The number of hydrogen-bond acceptors (Lipinski definition) is 2. The Kier molecular flexibility index (Phi) is 5.50. The Hall–Kier alpha value is -2.20. The molecule has 0 fully saturated rings. The first kappa shape index (κ1) is 17.2. The van der Waals surface area contributed by atoms with Gasteiger partial charge in [-0.3, -0.25) is 4.79 Å². The van der Waals surface area contributed by atoms with Gasteiger partial charge in [-0.05, 0) is 32.0 Å². The molecule has 0 aliphatic rings. The fourth-order valence-electron chi connectivity index (χ4n) is 2.40. The standard InChI is InChI=1S/C18H21ClN2O2/c1-5-20(12-13(2)3)18(22)14-10-15(19)16(11-17(14)23-4)21-8-6-7-9-21/h6-11H,2,5,12H2,1,3-4H3. The van der Waals surface area contributed by atoms with Crippen molar-refractivity contribution in [2.75, 3.05) is 20.2 Å². The van der Waals surface area contributed by atoms with Crippen molar-refractivity contribution < 1.29 is 9.53 Å². The lowest BCUT2D eigenvalue weighted by molar-refractivity contribution is 0.0775. The van der Waals surface area contributed by atoms with Gasteiger partial charge in [-0.25, -0.2) is 0 Å². The molecule has 0 spiro atoms. The van der Waals surface area contributed by atoms with E-state index in [1.165, 1.54) is 0 Å². The molecule has 0 bridgehead atoms. The average Bonchev–Trinajstić information content (AvgIpc) is 3.05. The van der Waals surface area contributed by atoms with Crippen LogP contribution in [-0.4, -0.2) is 35.6 Å². The van der Waals surface area contributed by atoms with Gasteiger partial charge in [0.05, 0.1) is 23.4 Å². The van der Waals surface area contributed by atoms with Crippen LogP contribution in [0.4, 0.5) is 0 Å². The Morgan fingerprint density at radius 3 is 2.52 bits per heavy atom. The minimum Gasteiger partial charge on any atom is -0.496 e. The molecule has 0 saturated heterocycles. The van der Waals surface area contributed by atoms with Gasteiger partial charge in [-0.1, -0.05) is 23.8 Å². The SMILES string of the molecule is C=C(C)CN(CC)C(=O)c1cc(Cl)c(-n2cccc2)cc1OC. The Morgan fingerprint density at radius 1 is 1.35 bits per heavy atom. The molecule has 23 heavy (non-hydrogen) atoms. The number of ether oxygens (including phenoxy) is 1. The fourth-order valence-corrected chi connectivity index (χ4v) is 2.66. The number of methoxy groups -OCH3 is 1. The van der Waals surface area contributed by atoms with Crippen LogP contribution in [0.1, 0.15) is 24.2 Å². The smallest absolute Gasteiger partial charge is 0.257 e. The van der Waals surface area contributed by atoms with E-state index in [9.17, 15) is 4.79 Å². The predicted molar refractivity (Wildman–Crippen MR) is 93.7 cm³/mol. The van der Waals surface area contributed by atoms with Crippen molar-refractivity contribution in [1.82, 2.24) is 9.47 Å². The number of carbonyl (C=O) groups excluding carboxylic acids is 1. The molecule has 0 saturated carbocycles. The van der Waals surface area contributed by atoms with Crippen LogP contribution in [0.25, 0.3) is 5.69 Å². The number of amides is 1. The van der Waals surface area contributed by atoms with Crippen LogP contribution in [0.15, 0.2) is 48.8 Å². The number of likely N-dealkylation sites (N-methyl/N-ethyl adjacent to an activating group) is 1. The molecule has 1 aromatic carbocycles. The molecule has 1 aromatic heterocycles. The third-order valence-corrected chi connectivity index (χ3v) is 3.81. The third-order valence-electron chi connectivity index (χ3n) is 3.51. The van der Waals surface area contributed by atoms with E-state index in [0.29, 0.717) is 29.4 Å². The number of benzene rings is 1. The molecule has 0 atom stereocenters. The quantitative estimate of drug-likeness (QED) is 0.744. The summed E-state index contributed by atoms with van der Waals surface area (Å²) in [6.45, 7) is 8.80. The van der Waals surface area contributed by atoms with E-state index >= 15 is 0 Å². The second-order valence-electron chi connectivity index (χ2n) is 5.37. The highest BCUT2D eigenvalue weighted by Gasteiger charge is 2.21. The zero-order valence-corrected chi connectivity index (χ0v) is 14.4. The van der Waals surface area contributed by atoms with Crippen LogP contribution in [0.3, 0.4) is 0 Å². The summed E-state index contributed by atoms with van der Waals surface area (Å²) >= 11 is 6.38. The van der Waals surface area contributed by atoms with E-state index in [2.05, 4.69) is 6.58 Å². The highest BCUT2D eigenvalue weighted by molar-refractivity contribution is 6.33. The molecule has 0 aliphatic carbocycles.